The van der Waals surface area contributed by atoms with Gasteiger partial charge in [-0.2, -0.15) is 5.10 Å². The van der Waals surface area contributed by atoms with Gasteiger partial charge in [0.25, 0.3) is 0 Å². The molecule has 0 aliphatic carbocycles. The predicted molar refractivity (Wildman–Crippen MR) is 59.7 cm³/mol. The molecule has 0 aromatic carbocycles. The van der Waals surface area contributed by atoms with E-state index in [1.807, 2.05) is 0 Å². The number of aromatic amines is 1. The summed E-state index contributed by atoms with van der Waals surface area (Å²) in [7, 11) is 0. The highest BCUT2D eigenvalue weighted by molar-refractivity contribution is 5.02. The van der Waals surface area contributed by atoms with Crippen molar-refractivity contribution < 1.29 is 0 Å². The summed E-state index contributed by atoms with van der Waals surface area (Å²) in [5.41, 5.74) is 0. The molecule has 0 bridgehead atoms. The van der Waals surface area contributed by atoms with Crippen molar-refractivity contribution in [2.75, 3.05) is 6.54 Å². The van der Waals surface area contributed by atoms with Gasteiger partial charge >= 0.3 is 0 Å². The Hall–Kier alpha value is -0.900. The zero-order valence-corrected chi connectivity index (χ0v) is 9.58. The number of hydrogen-bond donors (Lipinski definition) is 2. The molecule has 0 amide bonds. The minimum Gasteiger partial charge on any atom is -0.307 e. The van der Waals surface area contributed by atoms with Crippen molar-refractivity contribution in [3.05, 3.63) is 11.6 Å². The molecule has 84 valence electrons. The fraction of sp³-hybridized carbons (Fsp3) is 0.818. The summed E-state index contributed by atoms with van der Waals surface area (Å²) in [6.45, 7) is 5.49. The normalized spacial score (nSPS) is 21.4. The van der Waals surface area contributed by atoms with Gasteiger partial charge in [0.15, 0.2) is 5.82 Å². The molecule has 1 unspecified atom stereocenters. The first-order valence-electron chi connectivity index (χ1n) is 6.00. The Labute approximate surface area is 90.9 Å². The van der Waals surface area contributed by atoms with Crippen molar-refractivity contribution in [2.45, 2.75) is 51.5 Å². The van der Waals surface area contributed by atoms with Gasteiger partial charge in [-0.1, -0.05) is 13.8 Å². The molecular formula is C11H20N4. The van der Waals surface area contributed by atoms with Crippen molar-refractivity contribution in [1.82, 2.24) is 20.5 Å². The van der Waals surface area contributed by atoms with Crippen molar-refractivity contribution in [1.29, 1.82) is 0 Å². The third kappa shape index (κ3) is 2.20. The summed E-state index contributed by atoms with van der Waals surface area (Å²) >= 11 is 0. The molecule has 4 heteroatoms. The van der Waals surface area contributed by atoms with E-state index in [4.69, 9.17) is 0 Å². The maximum atomic E-state index is 4.61. The first kappa shape index (κ1) is 10.6. The van der Waals surface area contributed by atoms with Crippen LogP contribution in [0.2, 0.25) is 0 Å². The number of H-pyrrole nitrogens is 1. The average molecular weight is 208 g/mol. The molecule has 0 saturated carbocycles. The molecule has 2 rings (SSSR count). The lowest BCUT2D eigenvalue weighted by atomic mass is 10.0. The molecule has 2 N–H and O–H groups in total. The molecule has 15 heavy (non-hydrogen) atoms. The van der Waals surface area contributed by atoms with Crippen LogP contribution in [-0.4, -0.2) is 21.7 Å². The van der Waals surface area contributed by atoms with Crippen LogP contribution in [-0.2, 0) is 0 Å². The minimum atomic E-state index is 0.403. The maximum Gasteiger partial charge on any atom is 0.153 e. The van der Waals surface area contributed by atoms with Crippen LogP contribution in [0.3, 0.4) is 0 Å². The second-order valence-electron chi connectivity index (χ2n) is 4.24. The average Bonchev–Trinajstić information content (AvgIpc) is 2.89. The second kappa shape index (κ2) is 4.75. The fourth-order valence-corrected chi connectivity index (χ4v) is 2.20. The van der Waals surface area contributed by atoms with E-state index in [1.165, 1.54) is 12.8 Å². The summed E-state index contributed by atoms with van der Waals surface area (Å²) in [5.74, 6) is 2.52. The smallest absolute Gasteiger partial charge is 0.153 e. The topological polar surface area (TPSA) is 53.6 Å². The summed E-state index contributed by atoms with van der Waals surface area (Å²) in [4.78, 5) is 4.61. The standard InChI is InChI=1S/C11H20N4/c1-3-8(4-2)10-13-11(15-14-10)9-6-5-7-12-9/h8-9,12H,3-7H2,1-2H3,(H,13,14,15). The number of nitrogens with zero attached hydrogens (tertiary/aromatic N) is 2. The highest BCUT2D eigenvalue weighted by Gasteiger charge is 2.21. The highest BCUT2D eigenvalue weighted by Crippen LogP contribution is 2.23. The molecule has 1 aliphatic rings. The molecule has 1 aromatic rings. The zero-order valence-electron chi connectivity index (χ0n) is 9.58. The van der Waals surface area contributed by atoms with E-state index in [-0.39, 0.29) is 0 Å². The first-order chi connectivity index (χ1) is 7.35. The molecular weight excluding hydrogens is 188 g/mol. The lowest BCUT2D eigenvalue weighted by Crippen LogP contribution is -2.14. The third-order valence-electron chi connectivity index (χ3n) is 3.26. The molecule has 1 atom stereocenters. The van der Waals surface area contributed by atoms with Gasteiger partial charge in [-0.3, -0.25) is 5.10 Å². The van der Waals surface area contributed by atoms with Gasteiger partial charge < -0.3 is 5.32 Å². The Kier molecular flexibility index (Phi) is 3.36. The van der Waals surface area contributed by atoms with E-state index in [0.29, 0.717) is 12.0 Å². The number of hydrogen-bond acceptors (Lipinski definition) is 3. The quantitative estimate of drug-likeness (QED) is 0.797. The first-order valence-corrected chi connectivity index (χ1v) is 6.00. The van der Waals surface area contributed by atoms with E-state index < -0.39 is 0 Å². The molecule has 0 radical (unpaired) electrons. The molecule has 1 aromatic heterocycles. The lowest BCUT2D eigenvalue weighted by molar-refractivity contribution is 0.593. The maximum absolute atomic E-state index is 4.61. The fourth-order valence-electron chi connectivity index (χ4n) is 2.20. The molecule has 1 aliphatic heterocycles. The second-order valence-corrected chi connectivity index (χ2v) is 4.24. The molecule has 1 fully saturated rings. The van der Waals surface area contributed by atoms with E-state index in [2.05, 4.69) is 34.3 Å². The summed E-state index contributed by atoms with van der Waals surface area (Å²) in [6, 6.07) is 0.403. The van der Waals surface area contributed by atoms with Crippen LogP contribution < -0.4 is 5.32 Å². The van der Waals surface area contributed by atoms with Crippen LogP contribution in [0.1, 0.15) is 63.1 Å². The van der Waals surface area contributed by atoms with Crippen LogP contribution in [0, 0.1) is 0 Å². The van der Waals surface area contributed by atoms with Crippen molar-refractivity contribution in [3.63, 3.8) is 0 Å². The number of rotatable bonds is 4. The van der Waals surface area contributed by atoms with Gasteiger partial charge in [0, 0.05) is 5.92 Å². The molecule has 2 heterocycles. The third-order valence-corrected chi connectivity index (χ3v) is 3.26. The van der Waals surface area contributed by atoms with Crippen molar-refractivity contribution in [2.24, 2.45) is 0 Å². The Morgan fingerprint density at radius 3 is 2.80 bits per heavy atom. The van der Waals surface area contributed by atoms with E-state index >= 15 is 0 Å². The number of aromatic nitrogens is 3. The summed E-state index contributed by atoms with van der Waals surface area (Å²) in [5, 5.41) is 10.8. The van der Waals surface area contributed by atoms with Crippen molar-refractivity contribution >= 4 is 0 Å². The van der Waals surface area contributed by atoms with Gasteiger partial charge in [0.05, 0.1) is 6.04 Å². The molecule has 0 spiro atoms. The van der Waals surface area contributed by atoms with Crippen LogP contribution in [0.4, 0.5) is 0 Å². The zero-order chi connectivity index (χ0) is 10.7. The summed E-state index contributed by atoms with van der Waals surface area (Å²) in [6.07, 6.45) is 4.65. The van der Waals surface area contributed by atoms with E-state index in [9.17, 15) is 0 Å². The minimum absolute atomic E-state index is 0.403. The molecule has 1 saturated heterocycles. The van der Waals surface area contributed by atoms with E-state index in [0.717, 1.165) is 31.0 Å². The largest absolute Gasteiger partial charge is 0.307 e. The van der Waals surface area contributed by atoms with Crippen molar-refractivity contribution in [3.8, 4) is 0 Å². The Bertz CT molecular complexity index is 281. The van der Waals surface area contributed by atoms with Crippen LogP contribution in [0.25, 0.3) is 0 Å². The Morgan fingerprint density at radius 1 is 1.40 bits per heavy atom. The van der Waals surface area contributed by atoms with Gasteiger partial charge in [0.1, 0.15) is 5.82 Å². The lowest BCUT2D eigenvalue weighted by Gasteiger charge is -2.07. The Balaban J connectivity index is 2.08. The predicted octanol–water partition coefficient (Wildman–Crippen LogP) is 2.13. The van der Waals surface area contributed by atoms with Gasteiger partial charge in [0.2, 0.25) is 0 Å². The van der Waals surface area contributed by atoms with Gasteiger partial charge in [-0.25, -0.2) is 4.98 Å². The van der Waals surface area contributed by atoms with Gasteiger partial charge in [-0.15, -0.1) is 0 Å². The van der Waals surface area contributed by atoms with E-state index in [1.54, 1.807) is 0 Å². The van der Waals surface area contributed by atoms with Crippen LogP contribution in [0.15, 0.2) is 0 Å². The van der Waals surface area contributed by atoms with Gasteiger partial charge in [-0.05, 0) is 32.2 Å². The number of nitrogens with one attached hydrogen (secondary N) is 2. The monoisotopic (exact) mass is 208 g/mol. The Morgan fingerprint density at radius 2 is 2.20 bits per heavy atom. The van der Waals surface area contributed by atoms with Crippen LogP contribution in [0.5, 0.6) is 0 Å². The van der Waals surface area contributed by atoms with Crippen LogP contribution >= 0.6 is 0 Å². The molecule has 4 nitrogen and oxygen atoms in total. The SMILES string of the molecule is CCC(CC)c1n[nH]c(C2CCCN2)n1. The highest BCUT2D eigenvalue weighted by atomic mass is 15.2. The summed E-state index contributed by atoms with van der Waals surface area (Å²) < 4.78 is 0.